The van der Waals surface area contributed by atoms with E-state index in [1.807, 2.05) is 52.0 Å². The van der Waals surface area contributed by atoms with Crippen molar-refractivity contribution in [3.8, 4) is 11.3 Å². The molecular weight excluding hydrogens is 508 g/mol. The van der Waals surface area contributed by atoms with E-state index in [0.29, 0.717) is 28.3 Å². The van der Waals surface area contributed by atoms with Gasteiger partial charge in [0, 0.05) is 48.1 Å². The molecule has 0 radical (unpaired) electrons. The fraction of sp³-hybridized carbons (Fsp3) is 0.345. The quantitative estimate of drug-likeness (QED) is 0.140. The first-order valence-corrected chi connectivity index (χ1v) is 13.2. The van der Waals surface area contributed by atoms with Gasteiger partial charge in [-0.15, -0.1) is 0 Å². The van der Waals surface area contributed by atoms with Gasteiger partial charge >= 0.3 is 0 Å². The van der Waals surface area contributed by atoms with Crippen LogP contribution in [-0.2, 0) is 17.9 Å². The molecule has 0 aliphatic rings. The number of aliphatic imine (C=N–C) groups is 1. The van der Waals surface area contributed by atoms with Crippen LogP contribution in [0, 0.1) is 0 Å². The van der Waals surface area contributed by atoms with E-state index in [9.17, 15) is 14.4 Å². The maximum atomic E-state index is 13.5. The molecule has 3 rings (SSSR count). The molecule has 1 heterocycles. The van der Waals surface area contributed by atoms with Gasteiger partial charge in [-0.25, -0.2) is 4.98 Å². The van der Waals surface area contributed by atoms with Crippen LogP contribution >= 0.6 is 0 Å². The summed E-state index contributed by atoms with van der Waals surface area (Å²) < 4.78 is 1.33. The summed E-state index contributed by atoms with van der Waals surface area (Å²) in [5.41, 5.74) is 14.7. The summed E-state index contributed by atoms with van der Waals surface area (Å²) in [6.45, 7) is 7.65. The molecule has 0 saturated carbocycles. The van der Waals surface area contributed by atoms with E-state index in [4.69, 9.17) is 11.5 Å². The van der Waals surface area contributed by atoms with E-state index in [1.54, 1.807) is 25.2 Å². The molecular formula is C29H38N8O3. The average molecular weight is 547 g/mol. The lowest BCUT2D eigenvalue weighted by Gasteiger charge is -2.17. The van der Waals surface area contributed by atoms with Gasteiger partial charge in [0.05, 0.1) is 11.9 Å². The summed E-state index contributed by atoms with van der Waals surface area (Å²) in [6.07, 6.45) is 2.28. The number of hydrogen-bond acceptors (Lipinski definition) is 7. The summed E-state index contributed by atoms with van der Waals surface area (Å²) in [4.78, 5) is 47.6. The Labute approximate surface area is 234 Å². The van der Waals surface area contributed by atoms with Crippen LogP contribution < -0.4 is 33.0 Å². The first kappa shape index (κ1) is 29.9. The highest BCUT2D eigenvalue weighted by molar-refractivity contribution is 5.97. The number of nitrogens with two attached hydrogens (primary N) is 2. The minimum atomic E-state index is -0.465. The third-order valence-corrected chi connectivity index (χ3v) is 6.27. The van der Waals surface area contributed by atoms with Gasteiger partial charge in [0.2, 0.25) is 5.91 Å². The Morgan fingerprint density at radius 1 is 1.07 bits per heavy atom. The topological polar surface area (TPSA) is 170 Å². The minimum absolute atomic E-state index is 0.0179. The van der Waals surface area contributed by atoms with E-state index in [1.165, 1.54) is 10.8 Å². The lowest BCUT2D eigenvalue weighted by molar-refractivity contribution is -0.121. The first-order chi connectivity index (χ1) is 19.0. The van der Waals surface area contributed by atoms with Crippen LogP contribution in [0.4, 0.5) is 11.5 Å². The number of nitrogen functional groups attached to an aromatic ring is 1. The van der Waals surface area contributed by atoms with Crippen LogP contribution in [0.25, 0.3) is 11.3 Å². The highest BCUT2D eigenvalue weighted by Gasteiger charge is 2.18. The molecule has 1 atom stereocenters. The van der Waals surface area contributed by atoms with Crippen LogP contribution in [0.2, 0.25) is 0 Å². The average Bonchev–Trinajstić information content (AvgIpc) is 2.93. The number of rotatable bonds is 11. The second-order valence-electron chi connectivity index (χ2n) is 9.89. The zero-order valence-corrected chi connectivity index (χ0v) is 23.6. The Balaban J connectivity index is 1.92. The molecule has 0 aliphatic heterocycles. The lowest BCUT2D eigenvalue weighted by atomic mass is 10.1. The molecule has 0 aliphatic carbocycles. The smallest absolute Gasteiger partial charge is 0.294 e. The van der Waals surface area contributed by atoms with Gasteiger partial charge < -0.3 is 27.4 Å². The standard InChI is InChI=1S/C29H38N8O3/c1-6-18(4)36-28(39)22-11-21(12-23(30)13-22)24-15-34-27(35-17(2)3)29(40)37(24)16-25(38)33-14-19-7-9-20(10-8-19)26(31)32-5/h7-13,15,17-18H,6,14,16,30H2,1-5H3,(H2,31,32)(H,33,38)(H,34,35)(H,36,39)/t18-/m1/s1. The van der Waals surface area contributed by atoms with Crippen molar-refractivity contribution in [2.24, 2.45) is 10.7 Å². The molecule has 2 aromatic carbocycles. The van der Waals surface area contributed by atoms with Crippen molar-refractivity contribution in [2.75, 3.05) is 18.1 Å². The number of carbonyl (C=O) groups excluding carboxylic acids is 2. The first-order valence-electron chi connectivity index (χ1n) is 13.2. The summed E-state index contributed by atoms with van der Waals surface area (Å²) in [5, 5.41) is 8.80. The third kappa shape index (κ3) is 7.68. The van der Waals surface area contributed by atoms with Crippen molar-refractivity contribution >= 4 is 29.2 Å². The molecule has 11 nitrogen and oxygen atoms in total. The second kappa shape index (κ2) is 13.4. The Hall–Kier alpha value is -4.67. The number of amidine groups is 1. The van der Waals surface area contributed by atoms with Crippen LogP contribution in [0.3, 0.4) is 0 Å². The molecule has 0 spiro atoms. The van der Waals surface area contributed by atoms with Crippen molar-refractivity contribution in [1.82, 2.24) is 20.2 Å². The molecule has 0 saturated heterocycles. The predicted molar refractivity (Wildman–Crippen MR) is 159 cm³/mol. The number of carbonyl (C=O) groups is 2. The van der Waals surface area contributed by atoms with Gasteiger partial charge in [0.1, 0.15) is 12.4 Å². The Kier molecular flexibility index (Phi) is 10.0. The van der Waals surface area contributed by atoms with E-state index in [2.05, 4.69) is 25.9 Å². The predicted octanol–water partition coefficient (Wildman–Crippen LogP) is 2.49. The van der Waals surface area contributed by atoms with Crippen LogP contribution in [0.1, 0.15) is 55.6 Å². The number of nitrogens with zero attached hydrogens (tertiary/aromatic N) is 3. The maximum Gasteiger partial charge on any atom is 0.294 e. The molecule has 1 aromatic heterocycles. The van der Waals surface area contributed by atoms with Crippen molar-refractivity contribution < 1.29 is 9.59 Å². The summed E-state index contributed by atoms with van der Waals surface area (Å²) in [7, 11) is 1.62. The SMILES string of the molecule is CC[C@@H](C)NC(=O)c1cc(N)cc(-c2cnc(NC(C)C)c(=O)n2CC(=O)NCc2ccc(C(N)=NC)cc2)c1. The van der Waals surface area contributed by atoms with Crippen LogP contribution in [0.5, 0.6) is 0 Å². The monoisotopic (exact) mass is 546 g/mol. The molecule has 212 valence electrons. The van der Waals surface area contributed by atoms with Crippen molar-refractivity contribution in [3.05, 3.63) is 75.7 Å². The Bertz CT molecular complexity index is 1440. The number of hydrogen-bond donors (Lipinski definition) is 5. The molecule has 0 bridgehead atoms. The van der Waals surface area contributed by atoms with E-state index >= 15 is 0 Å². The second-order valence-corrected chi connectivity index (χ2v) is 9.89. The molecule has 11 heteroatoms. The van der Waals surface area contributed by atoms with Crippen LogP contribution in [0.15, 0.2) is 58.4 Å². The van der Waals surface area contributed by atoms with E-state index < -0.39 is 5.56 Å². The Morgan fingerprint density at radius 2 is 1.77 bits per heavy atom. The fourth-order valence-electron chi connectivity index (χ4n) is 3.91. The Morgan fingerprint density at radius 3 is 2.40 bits per heavy atom. The molecule has 2 amide bonds. The highest BCUT2D eigenvalue weighted by atomic mass is 16.2. The molecule has 0 unspecified atom stereocenters. The zero-order chi connectivity index (χ0) is 29.4. The molecule has 40 heavy (non-hydrogen) atoms. The summed E-state index contributed by atoms with van der Waals surface area (Å²) in [6, 6.07) is 12.1. The maximum absolute atomic E-state index is 13.5. The van der Waals surface area contributed by atoms with Gasteiger partial charge in [-0.05, 0) is 51.0 Å². The van der Waals surface area contributed by atoms with E-state index in [0.717, 1.165) is 17.5 Å². The van der Waals surface area contributed by atoms with Crippen molar-refractivity contribution in [1.29, 1.82) is 0 Å². The number of nitrogens with one attached hydrogen (secondary N) is 3. The van der Waals surface area contributed by atoms with Gasteiger partial charge in [0.25, 0.3) is 11.5 Å². The zero-order valence-electron chi connectivity index (χ0n) is 23.6. The molecule has 0 fully saturated rings. The van der Waals surface area contributed by atoms with E-state index in [-0.39, 0.29) is 42.8 Å². The highest BCUT2D eigenvalue weighted by Crippen LogP contribution is 2.23. The number of amides is 2. The normalized spacial score (nSPS) is 12.2. The molecule has 7 N–H and O–H groups in total. The van der Waals surface area contributed by atoms with Gasteiger partial charge in [-0.3, -0.25) is 23.9 Å². The van der Waals surface area contributed by atoms with Crippen LogP contribution in [-0.4, -0.2) is 46.3 Å². The number of anilines is 2. The van der Waals surface area contributed by atoms with Gasteiger partial charge in [-0.2, -0.15) is 0 Å². The lowest BCUT2D eigenvalue weighted by Crippen LogP contribution is -2.35. The van der Waals surface area contributed by atoms with Crippen molar-refractivity contribution in [3.63, 3.8) is 0 Å². The van der Waals surface area contributed by atoms with Gasteiger partial charge in [-0.1, -0.05) is 31.2 Å². The number of benzene rings is 2. The fourth-order valence-corrected chi connectivity index (χ4v) is 3.91. The minimum Gasteiger partial charge on any atom is -0.399 e. The molecule has 3 aromatic rings. The van der Waals surface area contributed by atoms with Crippen molar-refractivity contribution in [2.45, 2.75) is 59.3 Å². The third-order valence-electron chi connectivity index (χ3n) is 6.27. The number of aromatic nitrogens is 2. The largest absolute Gasteiger partial charge is 0.399 e. The summed E-state index contributed by atoms with van der Waals surface area (Å²) >= 11 is 0. The summed E-state index contributed by atoms with van der Waals surface area (Å²) in [5.74, 6) is -0.106. The van der Waals surface area contributed by atoms with Gasteiger partial charge in [0.15, 0.2) is 5.82 Å².